The molecule has 4 atom stereocenters. The number of carbonyl (C=O) groups excluding carboxylic acids is 3. The summed E-state index contributed by atoms with van der Waals surface area (Å²) in [4.78, 5) is 32.8. The molecule has 10 heteroatoms. The van der Waals surface area contributed by atoms with E-state index in [-0.39, 0.29) is 16.6 Å². The molecule has 2 saturated carbocycles. The summed E-state index contributed by atoms with van der Waals surface area (Å²) in [6.07, 6.45) is 6.61. The fourth-order valence-corrected chi connectivity index (χ4v) is 4.66. The van der Waals surface area contributed by atoms with Crippen LogP contribution in [0.4, 0.5) is 0 Å². The zero-order valence-electron chi connectivity index (χ0n) is 15.8. The van der Waals surface area contributed by atoms with Crippen LogP contribution < -0.4 is 0 Å². The molecule has 27 heavy (non-hydrogen) atoms. The molecule has 2 amide bonds. The molecule has 0 spiro atoms. The highest BCUT2D eigenvalue weighted by atomic mass is 32.2. The van der Waals surface area contributed by atoms with E-state index in [0.717, 1.165) is 37.2 Å². The van der Waals surface area contributed by atoms with Crippen molar-refractivity contribution in [2.24, 2.45) is 17.8 Å². The Morgan fingerprint density at radius 1 is 1.26 bits per heavy atom. The van der Waals surface area contributed by atoms with Crippen molar-refractivity contribution >= 4 is 27.9 Å². The second-order valence-electron chi connectivity index (χ2n) is 7.10. The van der Waals surface area contributed by atoms with E-state index in [4.69, 9.17) is 9.47 Å². The molecule has 1 heterocycles. The summed E-state index contributed by atoms with van der Waals surface area (Å²) in [6.45, 7) is 2.25. The number of imide groups is 1. The molecule has 3 aliphatic rings. The Bertz CT molecular complexity index is 728. The van der Waals surface area contributed by atoms with Gasteiger partial charge in [0.15, 0.2) is 0 Å². The van der Waals surface area contributed by atoms with E-state index in [1.165, 1.54) is 13.5 Å². The summed E-state index contributed by atoms with van der Waals surface area (Å²) in [5.74, 6) is -0.00205. The third-order valence-electron chi connectivity index (χ3n) is 5.60. The quantitative estimate of drug-likeness (QED) is 0.489. The fourth-order valence-electron chi connectivity index (χ4n) is 4.24. The number of nitrogens with zero attached hydrogens (tertiary/aromatic N) is 1. The van der Waals surface area contributed by atoms with Gasteiger partial charge in [0.2, 0.25) is 0 Å². The molecular formula is C17H25NO8S. The predicted octanol–water partition coefficient (Wildman–Crippen LogP) is 0.803. The minimum Gasteiger partial charge on any atom is -0.469 e. The summed E-state index contributed by atoms with van der Waals surface area (Å²) in [5.41, 5.74) is -0.0295. The second kappa shape index (κ2) is 8.07. The van der Waals surface area contributed by atoms with Gasteiger partial charge in [0.05, 0.1) is 25.4 Å². The van der Waals surface area contributed by atoms with E-state index >= 15 is 0 Å². The molecule has 9 nitrogen and oxygen atoms in total. The van der Waals surface area contributed by atoms with Crippen LogP contribution in [0.5, 0.6) is 0 Å². The lowest BCUT2D eigenvalue weighted by Crippen LogP contribution is -2.39. The van der Waals surface area contributed by atoms with Crippen LogP contribution in [0.3, 0.4) is 0 Å². The largest absolute Gasteiger partial charge is 0.469 e. The number of ether oxygens (including phenoxy) is 2. The normalized spacial score (nSPS) is 31.9. The zero-order valence-corrected chi connectivity index (χ0v) is 16.7. The maximum absolute atomic E-state index is 11.4. The van der Waals surface area contributed by atoms with E-state index in [1.54, 1.807) is 7.11 Å². The molecule has 152 valence electrons. The molecule has 0 radical (unpaired) electrons. The van der Waals surface area contributed by atoms with Crippen LogP contribution in [0, 0.1) is 17.8 Å². The average molecular weight is 403 g/mol. The number of fused-ring (bicyclic) bond motifs is 2. The molecule has 2 bridgehead atoms. The number of methoxy groups -OCH3 is 2. The molecule has 0 N–H and O–H groups in total. The van der Waals surface area contributed by atoms with Gasteiger partial charge in [-0.2, -0.15) is 8.42 Å². The number of esters is 1. The number of rotatable bonds is 5. The molecule has 0 aromatic carbocycles. The van der Waals surface area contributed by atoms with Crippen molar-refractivity contribution in [2.75, 3.05) is 20.5 Å². The van der Waals surface area contributed by atoms with Crippen molar-refractivity contribution in [2.45, 2.75) is 38.2 Å². The number of hydrogen-bond acceptors (Lipinski definition) is 8. The molecule has 0 aromatic heterocycles. The third-order valence-corrected chi connectivity index (χ3v) is 6.02. The first-order chi connectivity index (χ1) is 12.5. The molecule has 0 saturated heterocycles. The van der Waals surface area contributed by atoms with Crippen LogP contribution >= 0.6 is 0 Å². The first-order valence-electron chi connectivity index (χ1n) is 8.60. The van der Waals surface area contributed by atoms with Crippen LogP contribution in [-0.2, 0) is 38.3 Å². The van der Waals surface area contributed by atoms with Gasteiger partial charge in [-0.15, -0.1) is 9.35 Å². The SMILES string of the molecule is COC(=O)CC1C(C)C2CCC1(OC)C2.CS(=O)(=O)ON1C(=O)C=CC1=O. The predicted molar refractivity (Wildman–Crippen MR) is 93.3 cm³/mol. The average Bonchev–Trinajstić information content (AvgIpc) is 3.24. The van der Waals surface area contributed by atoms with Gasteiger partial charge in [-0.05, 0) is 31.1 Å². The van der Waals surface area contributed by atoms with Crippen LogP contribution in [0.25, 0.3) is 0 Å². The van der Waals surface area contributed by atoms with Gasteiger partial charge in [0.1, 0.15) is 0 Å². The summed E-state index contributed by atoms with van der Waals surface area (Å²) < 4.78 is 35.5. The number of amides is 2. The lowest BCUT2D eigenvalue weighted by atomic mass is 9.76. The number of hydroxylamine groups is 2. The lowest BCUT2D eigenvalue weighted by molar-refractivity contribution is -0.161. The van der Waals surface area contributed by atoms with Crippen LogP contribution in [-0.4, -0.2) is 57.3 Å². The summed E-state index contributed by atoms with van der Waals surface area (Å²) in [6, 6.07) is 0. The summed E-state index contributed by atoms with van der Waals surface area (Å²) >= 11 is 0. The van der Waals surface area contributed by atoms with E-state index in [1.807, 2.05) is 0 Å². The highest BCUT2D eigenvalue weighted by molar-refractivity contribution is 7.85. The minimum absolute atomic E-state index is 0.0295. The van der Waals surface area contributed by atoms with Gasteiger partial charge >= 0.3 is 5.97 Å². The van der Waals surface area contributed by atoms with Gasteiger partial charge in [-0.3, -0.25) is 14.4 Å². The lowest BCUT2D eigenvalue weighted by Gasteiger charge is -2.36. The van der Waals surface area contributed by atoms with E-state index in [0.29, 0.717) is 18.3 Å². The number of carbonyl (C=O) groups is 3. The van der Waals surface area contributed by atoms with Crippen molar-refractivity contribution in [1.82, 2.24) is 5.06 Å². The first kappa shape index (κ1) is 21.5. The topological polar surface area (TPSA) is 116 Å². The molecule has 3 rings (SSSR count). The Kier molecular flexibility index (Phi) is 6.43. The monoisotopic (exact) mass is 403 g/mol. The highest BCUT2D eigenvalue weighted by Gasteiger charge is 2.56. The van der Waals surface area contributed by atoms with Gasteiger partial charge < -0.3 is 9.47 Å². The van der Waals surface area contributed by atoms with Gasteiger partial charge in [-0.25, -0.2) is 0 Å². The van der Waals surface area contributed by atoms with E-state index < -0.39 is 21.9 Å². The van der Waals surface area contributed by atoms with Gasteiger partial charge in [0.25, 0.3) is 21.9 Å². The molecule has 4 unspecified atom stereocenters. The Labute approximate surface area is 158 Å². The smallest absolute Gasteiger partial charge is 0.305 e. The molecular weight excluding hydrogens is 378 g/mol. The van der Waals surface area contributed by atoms with Crippen molar-refractivity contribution in [3.05, 3.63) is 12.2 Å². The van der Waals surface area contributed by atoms with Gasteiger partial charge in [0, 0.05) is 25.2 Å². The van der Waals surface area contributed by atoms with Gasteiger partial charge in [-0.1, -0.05) is 6.92 Å². The number of hydrogen-bond donors (Lipinski definition) is 0. The second-order valence-corrected chi connectivity index (χ2v) is 8.66. The van der Waals surface area contributed by atoms with Crippen molar-refractivity contribution in [3.8, 4) is 0 Å². The van der Waals surface area contributed by atoms with Crippen LogP contribution in [0.2, 0.25) is 0 Å². The molecule has 0 aromatic rings. The molecule has 2 fully saturated rings. The molecule has 2 aliphatic carbocycles. The summed E-state index contributed by atoms with van der Waals surface area (Å²) in [7, 11) is -0.589. The van der Waals surface area contributed by atoms with E-state index in [2.05, 4.69) is 11.2 Å². The van der Waals surface area contributed by atoms with Crippen LogP contribution in [0.1, 0.15) is 32.6 Å². The zero-order chi connectivity index (χ0) is 20.4. The Morgan fingerprint density at radius 3 is 2.33 bits per heavy atom. The van der Waals surface area contributed by atoms with Crippen molar-refractivity contribution < 1.29 is 36.6 Å². The Hall–Kier alpha value is -1.78. The van der Waals surface area contributed by atoms with Crippen LogP contribution in [0.15, 0.2) is 12.2 Å². The first-order valence-corrected chi connectivity index (χ1v) is 10.4. The Morgan fingerprint density at radius 2 is 1.85 bits per heavy atom. The maximum atomic E-state index is 11.4. The van der Waals surface area contributed by atoms with Crippen molar-refractivity contribution in [1.29, 1.82) is 0 Å². The standard InChI is InChI=1S/C12H20O3.C5H5NO5S/c1-8-9-4-5-12(7-9,15-3)10(8)6-11(13)14-2;1-12(9,10)11-6-4(7)2-3-5(6)8/h8-10H,4-7H2,1-3H3;2-3H,1H3. The fraction of sp³-hybridized carbons (Fsp3) is 0.706. The van der Waals surface area contributed by atoms with Crippen molar-refractivity contribution in [3.63, 3.8) is 0 Å². The van der Waals surface area contributed by atoms with E-state index in [9.17, 15) is 22.8 Å². The molecule has 1 aliphatic heterocycles. The maximum Gasteiger partial charge on any atom is 0.305 e. The minimum atomic E-state index is -3.83. The summed E-state index contributed by atoms with van der Waals surface area (Å²) in [5, 5.41) is 0.176. The third kappa shape index (κ3) is 4.74. The Balaban J connectivity index is 0.000000199. The highest BCUT2D eigenvalue weighted by Crippen LogP contribution is 2.57.